The van der Waals surface area contributed by atoms with Gasteiger partial charge in [0.2, 0.25) is 0 Å². The predicted molar refractivity (Wildman–Crippen MR) is 96.4 cm³/mol. The molecule has 2 aromatic rings. The van der Waals surface area contributed by atoms with E-state index >= 15 is 0 Å². The number of benzene rings is 1. The SMILES string of the molecule is COc1cc(=O)n2c(c1C(=O)Nc1cccc(SC)c1)CCCC2. The summed E-state index contributed by atoms with van der Waals surface area (Å²) in [5.41, 5.74) is 1.85. The monoisotopic (exact) mass is 344 g/mol. The standard InChI is InChI=1S/C18H20N2O3S/c1-23-15-11-16(21)20-9-4-3-8-14(20)17(15)18(22)19-12-6-5-7-13(10-12)24-2/h5-7,10-11H,3-4,8-9H2,1-2H3,(H,19,22). The van der Waals surface area contributed by atoms with E-state index in [4.69, 9.17) is 4.74 Å². The Morgan fingerprint density at radius 2 is 2.12 bits per heavy atom. The second kappa shape index (κ2) is 7.13. The van der Waals surface area contributed by atoms with Crippen molar-refractivity contribution in [3.05, 3.63) is 51.9 Å². The van der Waals surface area contributed by atoms with Crippen LogP contribution in [0.25, 0.3) is 0 Å². The first kappa shape index (κ1) is 16.6. The highest BCUT2D eigenvalue weighted by atomic mass is 32.2. The van der Waals surface area contributed by atoms with Crippen molar-refractivity contribution < 1.29 is 9.53 Å². The summed E-state index contributed by atoms with van der Waals surface area (Å²) in [6.45, 7) is 0.653. The van der Waals surface area contributed by atoms with Crippen LogP contribution in [0.5, 0.6) is 5.75 Å². The molecule has 0 spiro atoms. The number of carbonyl (C=O) groups is 1. The Labute approximate surface area is 145 Å². The molecule has 1 aromatic carbocycles. The van der Waals surface area contributed by atoms with Crippen molar-refractivity contribution in [1.29, 1.82) is 0 Å². The van der Waals surface area contributed by atoms with E-state index in [0.717, 1.165) is 29.1 Å². The third-order valence-corrected chi connectivity index (χ3v) is 4.93. The zero-order valence-electron chi connectivity index (χ0n) is 13.8. The fourth-order valence-electron chi connectivity index (χ4n) is 3.04. The lowest BCUT2D eigenvalue weighted by Gasteiger charge is -2.22. The highest BCUT2D eigenvalue weighted by Gasteiger charge is 2.24. The Hall–Kier alpha value is -2.21. The number of fused-ring (bicyclic) bond motifs is 1. The van der Waals surface area contributed by atoms with Gasteiger partial charge in [-0.1, -0.05) is 6.07 Å². The number of amides is 1. The van der Waals surface area contributed by atoms with Gasteiger partial charge in [-0.15, -0.1) is 11.8 Å². The Bertz CT molecular complexity index is 829. The molecule has 24 heavy (non-hydrogen) atoms. The summed E-state index contributed by atoms with van der Waals surface area (Å²) < 4.78 is 7.01. The van der Waals surface area contributed by atoms with E-state index in [-0.39, 0.29) is 11.5 Å². The molecule has 6 heteroatoms. The lowest BCUT2D eigenvalue weighted by Crippen LogP contribution is -2.30. The van der Waals surface area contributed by atoms with Crippen molar-refractivity contribution in [2.45, 2.75) is 30.7 Å². The van der Waals surface area contributed by atoms with Crippen molar-refractivity contribution in [2.75, 3.05) is 18.7 Å². The van der Waals surface area contributed by atoms with Crippen molar-refractivity contribution in [2.24, 2.45) is 0 Å². The molecule has 126 valence electrons. The van der Waals surface area contributed by atoms with Crippen molar-refractivity contribution >= 4 is 23.4 Å². The lowest BCUT2D eigenvalue weighted by molar-refractivity contribution is 0.102. The predicted octanol–water partition coefficient (Wildman–Crippen LogP) is 3.17. The third-order valence-electron chi connectivity index (χ3n) is 4.20. The van der Waals surface area contributed by atoms with E-state index < -0.39 is 0 Å². The van der Waals surface area contributed by atoms with Gasteiger partial charge in [0.15, 0.2) is 0 Å². The third kappa shape index (κ3) is 3.19. The maximum atomic E-state index is 12.9. The van der Waals surface area contributed by atoms with Gasteiger partial charge in [-0.2, -0.15) is 0 Å². The molecule has 0 bridgehead atoms. The molecule has 1 aliphatic rings. The topological polar surface area (TPSA) is 60.3 Å². The summed E-state index contributed by atoms with van der Waals surface area (Å²) in [6.07, 6.45) is 4.62. The summed E-state index contributed by atoms with van der Waals surface area (Å²) in [4.78, 5) is 26.1. The summed E-state index contributed by atoms with van der Waals surface area (Å²) in [5.74, 6) is 0.0995. The number of aromatic nitrogens is 1. The quantitative estimate of drug-likeness (QED) is 0.866. The minimum absolute atomic E-state index is 0.109. The highest BCUT2D eigenvalue weighted by molar-refractivity contribution is 7.98. The van der Waals surface area contributed by atoms with Crippen LogP contribution < -0.4 is 15.6 Å². The molecule has 1 N–H and O–H groups in total. The van der Waals surface area contributed by atoms with Gasteiger partial charge in [0.1, 0.15) is 11.3 Å². The van der Waals surface area contributed by atoms with Crippen LogP contribution in [0.3, 0.4) is 0 Å². The van der Waals surface area contributed by atoms with E-state index in [1.165, 1.54) is 13.2 Å². The number of nitrogens with zero attached hydrogens (tertiary/aromatic N) is 1. The number of pyridine rings is 1. The second-order valence-electron chi connectivity index (χ2n) is 5.67. The molecule has 5 nitrogen and oxygen atoms in total. The molecule has 0 radical (unpaired) electrons. The van der Waals surface area contributed by atoms with E-state index in [0.29, 0.717) is 24.3 Å². The summed E-state index contributed by atoms with van der Waals surface area (Å²) in [6, 6.07) is 9.08. The molecule has 0 aliphatic carbocycles. The van der Waals surface area contributed by atoms with E-state index in [9.17, 15) is 9.59 Å². The smallest absolute Gasteiger partial charge is 0.261 e. The van der Waals surface area contributed by atoms with E-state index in [2.05, 4.69) is 5.32 Å². The van der Waals surface area contributed by atoms with Gasteiger partial charge < -0.3 is 14.6 Å². The molecule has 3 rings (SSSR count). The summed E-state index contributed by atoms with van der Waals surface area (Å²) >= 11 is 1.62. The Kier molecular flexibility index (Phi) is 4.94. The molecule has 0 unspecified atom stereocenters. The molecule has 1 aromatic heterocycles. The van der Waals surface area contributed by atoms with Crippen LogP contribution in [0.2, 0.25) is 0 Å². The van der Waals surface area contributed by atoms with Gasteiger partial charge in [0.05, 0.1) is 7.11 Å². The van der Waals surface area contributed by atoms with Crippen LogP contribution >= 0.6 is 11.8 Å². The maximum absolute atomic E-state index is 12.9. The first-order chi connectivity index (χ1) is 11.6. The van der Waals surface area contributed by atoms with E-state index in [1.54, 1.807) is 16.3 Å². The molecular formula is C18H20N2O3S. The Morgan fingerprint density at radius 3 is 2.88 bits per heavy atom. The molecule has 0 saturated heterocycles. The molecule has 1 amide bonds. The number of thioether (sulfide) groups is 1. The minimum Gasteiger partial charge on any atom is -0.496 e. The average Bonchev–Trinajstić information content (AvgIpc) is 2.61. The lowest BCUT2D eigenvalue weighted by atomic mass is 10.0. The van der Waals surface area contributed by atoms with Crippen LogP contribution in [0, 0.1) is 0 Å². The molecule has 0 saturated carbocycles. The number of anilines is 1. The van der Waals surface area contributed by atoms with Crippen LogP contribution in [0.1, 0.15) is 28.9 Å². The number of rotatable bonds is 4. The maximum Gasteiger partial charge on any atom is 0.261 e. The van der Waals surface area contributed by atoms with Crippen molar-refractivity contribution in [1.82, 2.24) is 4.57 Å². The largest absolute Gasteiger partial charge is 0.496 e. The number of hydrogen-bond acceptors (Lipinski definition) is 4. The number of hydrogen-bond donors (Lipinski definition) is 1. The summed E-state index contributed by atoms with van der Waals surface area (Å²) in [7, 11) is 1.49. The molecular weight excluding hydrogens is 324 g/mol. The van der Waals surface area contributed by atoms with E-state index in [1.807, 2.05) is 30.5 Å². The van der Waals surface area contributed by atoms with Gasteiger partial charge in [-0.25, -0.2) is 0 Å². The highest BCUT2D eigenvalue weighted by Crippen LogP contribution is 2.26. The number of nitrogens with one attached hydrogen (secondary N) is 1. The van der Waals surface area contributed by atoms with Crippen LogP contribution in [0.15, 0.2) is 40.0 Å². The van der Waals surface area contributed by atoms with Crippen LogP contribution in [-0.4, -0.2) is 23.8 Å². The summed E-state index contributed by atoms with van der Waals surface area (Å²) in [5, 5.41) is 2.93. The molecule has 2 heterocycles. The Morgan fingerprint density at radius 1 is 1.29 bits per heavy atom. The van der Waals surface area contributed by atoms with Crippen molar-refractivity contribution in [3.8, 4) is 5.75 Å². The van der Waals surface area contributed by atoms with Gasteiger partial charge in [-0.3, -0.25) is 9.59 Å². The zero-order chi connectivity index (χ0) is 17.1. The average molecular weight is 344 g/mol. The fraction of sp³-hybridized carbons (Fsp3) is 0.333. The van der Waals surface area contributed by atoms with Gasteiger partial charge in [-0.05, 0) is 43.7 Å². The first-order valence-corrected chi connectivity index (χ1v) is 9.12. The molecule has 0 atom stereocenters. The van der Waals surface area contributed by atoms with Gasteiger partial charge >= 0.3 is 0 Å². The number of methoxy groups -OCH3 is 1. The van der Waals surface area contributed by atoms with Gasteiger partial charge in [0.25, 0.3) is 11.5 Å². The zero-order valence-corrected chi connectivity index (χ0v) is 14.6. The normalized spacial score (nSPS) is 13.2. The number of ether oxygens (including phenoxy) is 1. The second-order valence-corrected chi connectivity index (χ2v) is 6.55. The van der Waals surface area contributed by atoms with Gasteiger partial charge in [0, 0.05) is 28.9 Å². The minimum atomic E-state index is -0.240. The fourth-order valence-corrected chi connectivity index (χ4v) is 3.50. The molecule has 0 fully saturated rings. The Balaban J connectivity index is 2.01. The molecule has 1 aliphatic heterocycles. The first-order valence-electron chi connectivity index (χ1n) is 7.90. The number of carbonyl (C=O) groups excluding carboxylic acids is 1. The van der Waals surface area contributed by atoms with Crippen LogP contribution in [0.4, 0.5) is 5.69 Å². The van der Waals surface area contributed by atoms with Crippen LogP contribution in [-0.2, 0) is 13.0 Å². The van der Waals surface area contributed by atoms with Crippen molar-refractivity contribution in [3.63, 3.8) is 0 Å².